The Balaban J connectivity index is 2.04. The molecule has 1 saturated heterocycles. The largest absolute Gasteiger partial charge is 0.479 e. The maximum Gasteiger partial charge on any atom is 0.408 e. The van der Waals surface area contributed by atoms with E-state index < -0.39 is 40.8 Å². The van der Waals surface area contributed by atoms with Crippen LogP contribution in [0.5, 0.6) is 0 Å². The molecule has 0 bridgehead atoms. The van der Waals surface area contributed by atoms with Gasteiger partial charge in [-0.05, 0) is 80.6 Å². The average molecular weight is 507 g/mol. The number of amides is 2. The zero-order chi connectivity index (χ0) is 26.0. The van der Waals surface area contributed by atoms with Crippen LogP contribution in [-0.2, 0) is 19.9 Å². The van der Waals surface area contributed by atoms with E-state index in [1.807, 2.05) is 5.01 Å². The summed E-state index contributed by atoms with van der Waals surface area (Å²) in [5.74, 6) is -3.25. The summed E-state index contributed by atoms with van der Waals surface area (Å²) in [6, 6.07) is 3.63. The van der Waals surface area contributed by atoms with Gasteiger partial charge in [-0.3, -0.25) is 9.80 Å². The number of hydrogen-bond donors (Lipinski definition) is 3. The maximum absolute atomic E-state index is 14.4. The lowest BCUT2D eigenvalue weighted by molar-refractivity contribution is -0.147. The van der Waals surface area contributed by atoms with Gasteiger partial charge in [-0.15, -0.1) is 0 Å². The molecule has 3 rings (SSSR count). The summed E-state index contributed by atoms with van der Waals surface area (Å²) in [6.07, 6.45) is 2.53. The Hall–Kier alpha value is -2.92. The third kappa shape index (κ3) is 6.02. The van der Waals surface area contributed by atoms with E-state index in [0.717, 1.165) is 37.2 Å². The van der Waals surface area contributed by atoms with E-state index in [0.29, 0.717) is 11.7 Å². The van der Waals surface area contributed by atoms with E-state index in [1.54, 1.807) is 34.6 Å². The minimum absolute atomic E-state index is 0.00342. The van der Waals surface area contributed by atoms with Crippen LogP contribution in [0.3, 0.4) is 0 Å². The third-order valence-corrected chi connectivity index (χ3v) is 6.59. The fourth-order valence-corrected chi connectivity index (χ4v) is 4.81. The predicted octanol–water partition coefficient (Wildman–Crippen LogP) is 3.86. The summed E-state index contributed by atoms with van der Waals surface area (Å²) < 4.78 is 19.7. The molecule has 190 valence electrons. The second-order valence-corrected chi connectivity index (χ2v) is 10.7. The van der Waals surface area contributed by atoms with Crippen molar-refractivity contribution >= 4 is 41.0 Å². The molecule has 1 aromatic carbocycles. The van der Waals surface area contributed by atoms with Crippen molar-refractivity contribution in [3.8, 4) is 0 Å². The Labute approximate surface area is 208 Å². The van der Waals surface area contributed by atoms with Crippen LogP contribution in [0.15, 0.2) is 28.1 Å². The summed E-state index contributed by atoms with van der Waals surface area (Å²) in [5, 5.41) is 15.1. The number of rotatable bonds is 5. The highest BCUT2D eigenvalue weighted by atomic mass is 32.2. The SMILES string of the molecule is CC(C)[C@@](NC(=O)OC(C)(C)C)(C(=O)O)c1cc(F)ccc1/C=C1/SC(N2CCCCN2)=NC1=O. The fraction of sp³-hybridized carbons (Fsp3) is 0.500. The van der Waals surface area contributed by atoms with Crippen molar-refractivity contribution in [1.29, 1.82) is 0 Å². The van der Waals surface area contributed by atoms with E-state index in [2.05, 4.69) is 15.7 Å². The molecular weight excluding hydrogens is 475 g/mol. The number of carboxylic acid groups (broad SMARTS) is 1. The van der Waals surface area contributed by atoms with Gasteiger partial charge in [0, 0.05) is 13.1 Å². The van der Waals surface area contributed by atoms with E-state index in [4.69, 9.17) is 4.74 Å². The van der Waals surface area contributed by atoms with Crippen LogP contribution in [-0.4, -0.2) is 51.9 Å². The fourth-order valence-electron chi connectivity index (χ4n) is 3.90. The van der Waals surface area contributed by atoms with Crippen molar-refractivity contribution in [3.05, 3.63) is 40.0 Å². The molecule has 1 aromatic rings. The van der Waals surface area contributed by atoms with Gasteiger partial charge in [-0.2, -0.15) is 4.99 Å². The molecule has 3 N–H and O–H groups in total. The zero-order valence-corrected chi connectivity index (χ0v) is 21.3. The van der Waals surface area contributed by atoms with Crippen LogP contribution in [0.4, 0.5) is 9.18 Å². The van der Waals surface area contributed by atoms with Gasteiger partial charge in [0.05, 0.1) is 4.91 Å². The Morgan fingerprint density at radius 3 is 2.60 bits per heavy atom. The first-order valence-electron chi connectivity index (χ1n) is 11.4. The summed E-state index contributed by atoms with van der Waals surface area (Å²) >= 11 is 1.15. The standard InChI is InChI=1S/C24H31FN4O5S/c1-14(2)24(20(31)32,28-22(33)34-23(3,4)5)17-13-16(25)9-8-15(17)12-18-19(30)27-21(35-18)29-11-7-6-10-26-29/h8-9,12-14,26H,6-7,10-11H2,1-5H3,(H,28,33)(H,31,32)/b18-12+/t24-/m0/s1. The van der Waals surface area contributed by atoms with E-state index in [1.165, 1.54) is 18.2 Å². The number of thioether (sulfide) groups is 1. The first-order valence-corrected chi connectivity index (χ1v) is 12.2. The number of carbonyl (C=O) groups is 3. The number of ether oxygens (including phenoxy) is 1. The highest BCUT2D eigenvalue weighted by Gasteiger charge is 2.47. The second kappa shape index (κ2) is 10.4. The second-order valence-electron chi connectivity index (χ2n) is 9.70. The first kappa shape index (κ1) is 26.7. The van der Waals surface area contributed by atoms with Gasteiger partial charge in [-0.25, -0.2) is 19.4 Å². The number of benzene rings is 1. The molecule has 1 atom stereocenters. The smallest absolute Gasteiger partial charge is 0.408 e. The third-order valence-electron chi connectivity index (χ3n) is 5.58. The molecule has 9 nitrogen and oxygen atoms in total. The van der Waals surface area contributed by atoms with Gasteiger partial charge in [-0.1, -0.05) is 19.9 Å². The van der Waals surface area contributed by atoms with Crippen molar-refractivity contribution < 1.29 is 28.6 Å². The number of halogens is 1. The summed E-state index contributed by atoms with van der Waals surface area (Å²) in [5.41, 5.74) is 0.564. The van der Waals surface area contributed by atoms with Crippen LogP contribution in [0, 0.1) is 11.7 Å². The molecule has 2 amide bonds. The first-order chi connectivity index (χ1) is 16.3. The number of nitrogens with one attached hydrogen (secondary N) is 2. The summed E-state index contributed by atoms with van der Waals surface area (Å²) in [7, 11) is 0. The molecule has 0 unspecified atom stereocenters. The van der Waals surface area contributed by atoms with Crippen molar-refractivity contribution in [2.45, 2.75) is 58.6 Å². The topological polar surface area (TPSA) is 120 Å². The molecular formula is C24H31FN4O5S. The van der Waals surface area contributed by atoms with Gasteiger partial charge in [0.25, 0.3) is 5.91 Å². The molecule has 2 aliphatic heterocycles. The minimum Gasteiger partial charge on any atom is -0.479 e. The number of amidine groups is 1. The Morgan fingerprint density at radius 2 is 2.03 bits per heavy atom. The van der Waals surface area contributed by atoms with Crippen LogP contribution in [0.1, 0.15) is 58.6 Å². The molecule has 35 heavy (non-hydrogen) atoms. The van der Waals surface area contributed by atoms with Gasteiger partial charge in [0.1, 0.15) is 11.4 Å². The Morgan fingerprint density at radius 1 is 1.31 bits per heavy atom. The quantitative estimate of drug-likeness (QED) is 0.515. The van der Waals surface area contributed by atoms with Crippen LogP contribution in [0.2, 0.25) is 0 Å². The number of alkyl carbamates (subject to hydrolysis) is 1. The van der Waals surface area contributed by atoms with Gasteiger partial charge in [0.2, 0.25) is 0 Å². The molecule has 11 heteroatoms. The van der Waals surface area contributed by atoms with E-state index in [9.17, 15) is 23.9 Å². The van der Waals surface area contributed by atoms with Crippen LogP contribution >= 0.6 is 11.8 Å². The van der Waals surface area contributed by atoms with Crippen molar-refractivity contribution in [2.24, 2.45) is 10.9 Å². The molecule has 0 spiro atoms. The highest BCUT2D eigenvalue weighted by Crippen LogP contribution is 2.37. The average Bonchev–Trinajstić information content (AvgIpc) is 3.12. The molecule has 0 saturated carbocycles. The van der Waals surface area contributed by atoms with Crippen molar-refractivity contribution in [3.63, 3.8) is 0 Å². The van der Waals surface area contributed by atoms with E-state index >= 15 is 0 Å². The number of hydrogen-bond acceptors (Lipinski definition) is 7. The number of carboxylic acids is 1. The summed E-state index contributed by atoms with van der Waals surface area (Å²) in [4.78, 5) is 42.4. The predicted molar refractivity (Wildman–Crippen MR) is 132 cm³/mol. The maximum atomic E-state index is 14.4. The molecule has 2 aliphatic rings. The molecule has 0 radical (unpaired) electrons. The van der Waals surface area contributed by atoms with Crippen LogP contribution < -0.4 is 10.7 Å². The zero-order valence-electron chi connectivity index (χ0n) is 20.5. The molecule has 2 heterocycles. The number of carbonyl (C=O) groups excluding carboxylic acids is 2. The molecule has 0 aliphatic carbocycles. The number of aliphatic carboxylic acids is 1. The number of aliphatic imine (C=N–C) groups is 1. The normalized spacial score (nSPS) is 19.5. The van der Waals surface area contributed by atoms with E-state index in [-0.39, 0.29) is 16.0 Å². The highest BCUT2D eigenvalue weighted by molar-refractivity contribution is 8.18. The van der Waals surface area contributed by atoms with Gasteiger partial charge in [0.15, 0.2) is 10.7 Å². The van der Waals surface area contributed by atoms with Crippen molar-refractivity contribution in [1.82, 2.24) is 15.8 Å². The monoisotopic (exact) mass is 506 g/mol. The number of nitrogens with zero attached hydrogens (tertiary/aromatic N) is 2. The van der Waals surface area contributed by atoms with Gasteiger partial charge >= 0.3 is 12.1 Å². The lowest BCUT2D eigenvalue weighted by atomic mass is 9.77. The van der Waals surface area contributed by atoms with Crippen molar-refractivity contribution in [2.75, 3.05) is 13.1 Å². The lowest BCUT2D eigenvalue weighted by Crippen LogP contribution is -2.56. The molecule has 0 aromatic heterocycles. The Kier molecular flexibility index (Phi) is 7.90. The summed E-state index contributed by atoms with van der Waals surface area (Å²) in [6.45, 7) is 9.66. The van der Waals surface area contributed by atoms with Crippen LogP contribution in [0.25, 0.3) is 6.08 Å². The van der Waals surface area contributed by atoms with Gasteiger partial charge < -0.3 is 15.2 Å². The minimum atomic E-state index is -2.03. The molecule has 1 fully saturated rings. The Bertz CT molecular complexity index is 1080. The lowest BCUT2D eigenvalue weighted by Gasteiger charge is -2.36. The number of hydrazine groups is 1.